The molecule has 0 aliphatic heterocycles. The number of carbonyl (C=O) groups is 1. The molecular formula is C13H17F2NO3. The minimum atomic E-state index is -1.12. The van der Waals surface area contributed by atoms with Crippen molar-refractivity contribution in [2.24, 2.45) is 0 Å². The summed E-state index contributed by atoms with van der Waals surface area (Å²) in [5.41, 5.74) is 0.197. The Balaban J connectivity index is 2.63. The van der Waals surface area contributed by atoms with E-state index in [9.17, 15) is 18.7 Å². The normalized spacial score (nSPS) is 13.9. The Morgan fingerprint density at radius 3 is 2.68 bits per heavy atom. The molecule has 2 N–H and O–H groups in total. The summed E-state index contributed by atoms with van der Waals surface area (Å²) >= 11 is 0. The van der Waals surface area contributed by atoms with E-state index in [2.05, 4.69) is 5.32 Å². The summed E-state index contributed by atoms with van der Waals surface area (Å²) in [5.74, 6) is -2.40. The van der Waals surface area contributed by atoms with Crippen molar-refractivity contribution in [1.29, 1.82) is 0 Å². The van der Waals surface area contributed by atoms with Crippen LogP contribution in [0.5, 0.6) is 0 Å². The summed E-state index contributed by atoms with van der Waals surface area (Å²) in [5, 5.41) is 12.5. The lowest BCUT2D eigenvalue weighted by Crippen LogP contribution is -2.39. The molecule has 0 aromatic heterocycles. The zero-order chi connectivity index (χ0) is 14.4. The molecule has 1 aromatic rings. The van der Waals surface area contributed by atoms with Crippen LogP contribution in [-0.4, -0.2) is 30.3 Å². The maximum Gasteiger partial charge on any atom is 0.246 e. The zero-order valence-electron chi connectivity index (χ0n) is 10.8. The number of ether oxygens (including phenoxy) is 1. The average molecular weight is 273 g/mol. The van der Waals surface area contributed by atoms with Crippen molar-refractivity contribution >= 4 is 5.91 Å². The minimum Gasteiger partial charge on any atom is -0.386 e. The molecule has 4 nitrogen and oxygen atoms in total. The van der Waals surface area contributed by atoms with Crippen LogP contribution in [-0.2, 0) is 9.53 Å². The molecule has 0 bridgehead atoms. The molecule has 19 heavy (non-hydrogen) atoms. The van der Waals surface area contributed by atoms with Crippen LogP contribution in [0, 0.1) is 11.6 Å². The van der Waals surface area contributed by atoms with Crippen LogP contribution < -0.4 is 5.32 Å². The predicted molar refractivity (Wildman–Crippen MR) is 65.4 cm³/mol. The molecule has 1 aromatic carbocycles. The fourth-order valence-electron chi connectivity index (χ4n) is 1.55. The Bertz CT molecular complexity index is 440. The summed E-state index contributed by atoms with van der Waals surface area (Å²) in [7, 11) is 0. The summed E-state index contributed by atoms with van der Waals surface area (Å²) in [6, 6.07) is 2.47. The predicted octanol–water partition coefficient (Wildman–Crippen LogP) is 1.54. The Labute approximate surface area is 110 Å². The molecule has 0 spiro atoms. The molecule has 2 unspecified atom stereocenters. The number of aliphatic hydroxyl groups excluding tert-OH is 1. The first kappa shape index (κ1) is 15.5. The van der Waals surface area contributed by atoms with Crippen molar-refractivity contribution in [3.63, 3.8) is 0 Å². The van der Waals surface area contributed by atoms with Gasteiger partial charge < -0.3 is 15.2 Å². The van der Waals surface area contributed by atoms with Gasteiger partial charge in [-0.15, -0.1) is 0 Å². The third-order valence-electron chi connectivity index (χ3n) is 2.58. The maximum atomic E-state index is 13.0. The van der Waals surface area contributed by atoms with Gasteiger partial charge in [-0.25, -0.2) is 8.78 Å². The molecular weight excluding hydrogens is 256 g/mol. The molecule has 1 amide bonds. The van der Waals surface area contributed by atoms with Gasteiger partial charge in [0.15, 0.2) is 11.6 Å². The molecule has 0 heterocycles. The van der Waals surface area contributed by atoms with Gasteiger partial charge in [0.2, 0.25) is 5.91 Å². The van der Waals surface area contributed by atoms with E-state index >= 15 is 0 Å². The first-order valence-electron chi connectivity index (χ1n) is 5.95. The Morgan fingerprint density at radius 1 is 1.42 bits per heavy atom. The Kier molecular flexibility index (Phi) is 5.85. The SMILES string of the molecule is CCOCC(=O)NC(C)C(O)c1ccc(F)c(F)c1. The van der Waals surface area contributed by atoms with Gasteiger partial charge in [0.25, 0.3) is 0 Å². The van der Waals surface area contributed by atoms with Gasteiger partial charge in [-0.1, -0.05) is 6.07 Å². The Hall–Kier alpha value is -1.53. The third kappa shape index (κ3) is 4.57. The van der Waals surface area contributed by atoms with E-state index in [1.165, 1.54) is 6.07 Å². The summed E-state index contributed by atoms with van der Waals surface area (Å²) in [6.45, 7) is 3.63. The van der Waals surface area contributed by atoms with E-state index in [1.807, 2.05) is 0 Å². The number of hydrogen-bond donors (Lipinski definition) is 2. The van der Waals surface area contributed by atoms with Gasteiger partial charge >= 0.3 is 0 Å². The second-order valence-electron chi connectivity index (χ2n) is 4.11. The number of carbonyl (C=O) groups excluding carboxylic acids is 1. The van der Waals surface area contributed by atoms with Crippen LogP contribution >= 0.6 is 0 Å². The van der Waals surface area contributed by atoms with Crippen LogP contribution in [0.2, 0.25) is 0 Å². The number of nitrogens with one attached hydrogen (secondary N) is 1. The van der Waals surface area contributed by atoms with E-state index < -0.39 is 23.8 Å². The molecule has 0 saturated carbocycles. The monoisotopic (exact) mass is 273 g/mol. The molecule has 1 rings (SSSR count). The highest BCUT2D eigenvalue weighted by molar-refractivity contribution is 5.77. The second-order valence-corrected chi connectivity index (χ2v) is 4.11. The van der Waals surface area contributed by atoms with Crippen molar-refractivity contribution in [3.05, 3.63) is 35.4 Å². The van der Waals surface area contributed by atoms with Crippen LogP contribution in [0.25, 0.3) is 0 Å². The summed E-state index contributed by atoms with van der Waals surface area (Å²) < 4.78 is 30.7. The van der Waals surface area contributed by atoms with E-state index in [0.29, 0.717) is 6.61 Å². The van der Waals surface area contributed by atoms with Gasteiger partial charge in [-0.05, 0) is 31.5 Å². The number of halogens is 2. The highest BCUT2D eigenvalue weighted by Crippen LogP contribution is 2.19. The van der Waals surface area contributed by atoms with E-state index in [0.717, 1.165) is 12.1 Å². The average Bonchev–Trinajstić information content (AvgIpc) is 2.38. The topological polar surface area (TPSA) is 58.6 Å². The van der Waals surface area contributed by atoms with Crippen molar-refractivity contribution in [1.82, 2.24) is 5.32 Å². The molecule has 0 saturated heterocycles. The van der Waals surface area contributed by atoms with E-state index in [1.54, 1.807) is 13.8 Å². The molecule has 0 aliphatic carbocycles. The van der Waals surface area contributed by atoms with E-state index in [-0.39, 0.29) is 18.1 Å². The van der Waals surface area contributed by atoms with Crippen molar-refractivity contribution in [2.75, 3.05) is 13.2 Å². The molecule has 0 fully saturated rings. The quantitative estimate of drug-likeness (QED) is 0.826. The largest absolute Gasteiger partial charge is 0.386 e. The van der Waals surface area contributed by atoms with Crippen LogP contribution in [0.4, 0.5) is 8.78 Å². The highest BCUT2D eigenvalue weighted by Gasteiger charge is 2.19. The number of amides is 1. The standard InChI is InChI=1S/C13H17F2NO3/c1-3-19-7-12(17)16-8(2)13(18)9-4-5-10(14)11(15)6-9/h4-6,8,13,18H,3,7H2,1-2H3,(H,16,17). The highest BCUT2D eigenvalue weighted by atomic mass is 19.2. The number of hydrogen-bond acceptors (Lipinski definition) is 3. The number of rotatable bonds is 6. The minimum absolute atomic E-state index is 0.106. The third-order valence-corrected chi connectivity index (χ3v) is 2.58. The zero-order valence-corrected chi connectivity index (χ0v) is 10.8. The number of benzene rings is 1. The first-order valence-corrected chi connectivity index (χ1v) is 5.95. The summed E-state index contributed by atoms with van der Waals surface area (Å²) in [6.07, 6.45) is -1.12. The molecule has 2 atom stereocenters. The van der Waals surface area contributed by atoms with Crippen molar-refractivity contribution < 1.29 is 23.4 Å². The van der Waals surface area contributed by atoms with Crippen LogP contribution in [0.15, 0.2) is 18.2 Å². The van der Waals surface area contributed by atoms with Gasteiger partial charge in [-0.2, -0.15) is 0 Å². The van der Waals surface area contributed by atoms with Gasteiger partial charge in [-0.3, -0.25) is 4.79 Å². The second kappa shape index (κ2) is 7.16. The lowest BCUT2D eigenvalue weighted by atomic mass is 10.0. The van der Waals surface area contributed by atoms with Gasteiger partial charge in [0, 0.05) is 6.61 Å². The smallest absolute Gasteiger partial charge is 0.246 e. The molecule has 106 valence electrons. The Morgan fingerprint density at radius 2 is 2.11 bits per heavy atom. The summed E-state index contributed by atoms with van der Waals surface area (Å²) in [4.78, 5) is 11.4. The van der Waals surface area contributed by atoms with Gasteiger partial charge in [0.05, 0.1) is 12.1 Å². The van der Waals surface area contributed by atoms with Gasteiger partial charge in [0.1, 0.15) is 6.61 Å². The van der Waals surface area contributed by atoms with Crippen molar-refractivity contribution in [3.8, 4) is 0 Å². The van der Waals surface area contributed by atoms with Crippen LogP contribution in [0.1, 0.15) is 25.5 Å². The molecule has 0 radical (unpaired) electrons. The maximum absolute atomic E-state index is 13.0. The number of aliphatic hydroxyl groups is 1. The lowest BCUT2D eigenvalue weighted by molar-refractivity contribution is -0.127. The fourth-order valence-corrected chi connectivity index (χ4v) is 1.55. The lowest BCUT2D eigenvalue weighted by Gasteiger charge is -2.20. The van der Waals surface area contributed by atoms with E-state index in [4.69, 9.17) is 4.74 Å². The molecule has 6 heteroatoms. The molecule has 0 aliphatic rings. The first-order chi connectivity index (χ1) is 8.95. The van der Waals surface area contributed by atoms with Crippen LogP contribution in [0.3, 0.4) is 0 Å². The fraction of sp³-hybridized carbons (Fsp3) is 0.462. The van der Waals surface area contributed by atoms with Crippen molar-refractivity contribution in [2.45, 2.75) is 26.0 Å².